The van der Waals surface area contributed by atoms with Crippen molar-refractivity contribution in [2.24, 2.45) is 16.3 Å². The van der Waals surface area contributed by atoms with E-state index in [1.54, 1.807) is 6.21 Å². The second kappa shape index (κ2) is 5.55. The van der Waals surface area contributed by atoms with Crippen LogP contribution in [0.15, 0.2) is 4.99 Å². The minimum atomic E-state index is -0.606. The Morgan fingerprint density at radius 1 is 0.955 bits per heavy atom. The first kappa shape index (κ1) is 17.3. The Balaban J connectivity index is 2.08. The number of hydrogen-bond donors (Lipinski definition) is 1. The lowest BCUT2D eigenvalue weighted by Crippen LogP contribution is -3.05. The summed E-state index contributed by atoms with van der Waals surface area (Å²) in [6.07, 6.45) is 4.57. The maximum Gasteiger partial charge on any atom is 0.149 e. The predicted octanol–water partition coefficient (Wildman–Crippen LogP) is 1.91. The van der Waals surface area contributed by atoms with E-state index in [9.17, 15) is 9.59 Å². The highest BCUT2D eigenvalue weighted by Gasteiger charge is 2.42. The van der Waals surface area contributed by atoms with E-state index < -0.39 is 5.92 Å². The third kappa shape index (κ3) is 4.25. The first-order valence-electron chi connectivity index (χ1n) is 8.35. The number of Topliss-reactive ketones (excluding diaryl/α,β-unsaturated/α-hetero) is 2. The van der Waals surface area contributed by atoms with Gasteiger partial charge in [-0.25, -0.2) is 0 Å². The summed E-state index contributed by atoms with van der Waals surface area (Å²) in [5.74, 6) is -0.540. The average molecular weight is 307 g/mol. The molecule has 4 nitrogen and oxygen atoms in total. The highest BCUT2D eigenvalue weighted by Crippen LogP contribution is 2.33. The van der Waals surface area contributed by atoms with Crippen molar-refractivity contribution in [3.05, 3.63) is 0 Å². The lowest BCUT2D eigenvalue weighted by atomic mass is 9.72. The lowest BCUT2D eigenvalue weighted by Gasteiger charge is -2.41. The van der Waals surface area contributed by atoms with Crippen molar-refractivity contribution in [3.63, 3.8) is 0 Å². The summed E-state index contributed by atoms with van der Waals surface area (Å²) in [5, 5.41) is 2.41. The molecule has 2 aliphatic rings. The van der Waals surface area contributed by atoms with E-state index in [-0.39, 0.29) is 34.1 Å². The fourth-order valence-electron chi connectivity index (χ4n) is 4.35. The SMILES string of the molecule is CC1(C)CC(=O)C(C=NC2CC(C)(C)[NH2+]C(C)(C)C2)C(=O)C1. The topological polar surface area (TPSA) is 63.1 Å². The number of nitrogens with zero attached hydrogens (tertiary/aromatic N) is 1. The van der Waals surface area contributed by atoms with Gasteiger partial charge in [0.2, 0.25) is 0 Å². The van der Waals surface area contributed by atoms with Crippen molar-refractivity contribution >= 4 is 17.8 Å². The van der Waals surface area contributed by atoms with Gasteiger partial charge in [0, 0.05) is 31.9 Å². The zero-order chi connectivity index (χ0) is 16.8. The number of carbonyl (C=O) groups excluding carboxylic acids is 2. The Bertz CT molecular complexity index is 467. The third-order valence-corrected chi connectivity index (χ3v) is 4.75. The van der Waals surface area contributed by atoms with Crippen LogP contribution in [-0.4, -0.2) is 34.9 Å². The van der Waals surface area contributed by atoms with E-state index in [1.807, 2.05) is 13.8 Å². The highest BCUT2D eigenvalue weighted by atomic mass is 16.2. The average Bonchev–Trinajstić information content (AvgIpc) is 2.21. The van der Waals surface area contributed by atoms with Crippen LogP contribution in [0.25, 0.3) is 0 Å². The van der Waals surface area contributed by atoms with E-state index in [1.165, 1.54) is 0 Å². The number of piperidine rings is 1. The number of carbonyl (C=O) groups is 2. The molecule has 1 heterocycles. The van der Waals surface area contributed by atoms with Crippen molar-refractivity contribution in [2.75, 3.05) is 0 Å². The molecular formula is C18H31N2O2+. The van der Waals surface area contributed by atoms with E-state index >= 15 is 0 Å². The number of nitrogens with two attached hydrogens (primary N) is 1. The van der Waals surface area contributed by atoms with Crippen molar-refractivity contribution in [1.29, 1.82) is 0 Å². The van der Waals surface area contributed by atoms with Crippen molar-refractivity contribution in [2.45, 2.75) is 84.3 Å². The molecule has 22 heavy (non-hydrogen) atoms. The lowest BCUT2D eigenvalue weighted by molar-refractivity contribution is -0.787. The van der Waals surface area contributed by atoms with Gasteiger partial charge in [0.05, 0.1) is 17.1 Å². The number of hydrogen-bond acceptors (Lipinski definition) is 3. The molecule has 1 aliphatic heterocycles. The smallest absolute Gasteiger partial charge is 0.149 e. The Hall–Kier alpha value is -1.03. The highest BCUT2D eigenvalue weighted by molar-refractivity contribution is 6.16. The Morgan fingerprint density at radius 2 is 1.41 bits per heavy atom. The van der Waals surface area contributed by atoms with Crippen molar-refractivity contribution < 1.29 is 14.9 Å². The molecule has 0 bridgehead atoms. The second-order valence-corrected chi connectivity index (χ2v) is 9.41. The molecule has 1 saturated heterocycles. The molecule has 0 spiro atoms. The molecule has 0 amide bonds. The summed E-state index contributed by atoms with van der Waals surface area (Å²) in [6.45, 7) is 12.9. The van der Waals surface area contributed by atoms with Gasteiger partial charge in [-0.15, -0.1) is 0 Å². The van der Waals surface area contributed by atoms with Crippen LogP contribution in [0.5, 0.6) is 0 Å². The van der Waals surface area contributed by atoms with Gasteiger partial charge >= 0.3 is 0 Å². The molecule has 0 aromatic rings. The summed E-state index contributed by atoms with van der Waals surface area (Å²) >= 11 is 0. The first-order valence-corrected chi connectivity index (χ1v) is 8.35. The standard InChI is InChI=1S/C18H30N2O2/c1-16(2)9-14(21)13(15(22)10-16)11-19-12-7-17(3,4)20-18(5,6)8-12/h11-13,20H,7-10H2,1-6H3/p+1. The van der Waals surface area contributed by atoms with Crippen molar-refractivity contribution in [3.8, 4) is 0 Å². The normalized spacial score (nSPS) is 29.2. The number of ketones is 2. The third-order valence-electron chi connectivity index (χ3n) is 4.75. The van der Waals surface area contributed by atoms with Crippen LogP contribution in [0.3, 0.4) is 0 Å². The molecule has 4 heteroatoms. The van der Waals surface area contributed by atoms with Gasteiger partial charge in [0.25, 0.3) is 0 Å². The minimum Gasteiger partial charge on any atom is -0.337 e. The van der Waals surface area contributed by atoms with Gasteiger partial charge in [0.1, 0.15) is 17.5 Å². The second-order valence-electron chi connectivity index (χ2n) is 9.41. The van der Waals surface area contributed by atoms with Gasteiger partial charge in [-0.05, 0) is 33.1 Å². The van der Waals surface area contributed by atoms with Crippen LogP contribution in [0, 0.1) is 11.3 Å². The Kier molecular flexibility index (Phi) is 4.37. The first-order chi connectivity index (χ1) is 9.89. The van der Waals surface area contributed by atoms with Gasteiger partial charge in [-0.2, -0.15) is 0 Å². The molecule has 0 aromatic heterocycles. The van der Waals surface area contributed by atoms with Crippen molar-refractivity contribution in [1.82, 2.24) is 0 Å². The molecule has 124 valence electrons. The van der Waals surface area contributed by atoms with Gasteiger partial charge in [-0.3, -0.25) is 14.6 Å². The van der Waals surface area contributed by atoms with E-state index in [4.69, 9.17) is 0 Å². The maximum atomic E-state index is 12.2. The largest absolute Gasteiger partial charge is 0.337 e. The van der Waals surface area contributed by atoms with Crippen LogP contribution in [0.4, 0.5) is 0 Å². The fraction of sp³-hybridized carbons (Fsp3) is 0.833. The van der Waals surface area contributed by atoms with E-state index in [0.717, 1.165) is 12.8 Å². The summed E-state index contributed by atoms with van der Waals surface area (Å²) in [7, 11) is 0. The quantitative estimate of drug-likeness (QED) is 0.626. The molecule has 0 atom stereocenters. The molecule has 1 saturated carbocycles. The van der Waals surface area contributed by atoms with Gasteiger partial charge in [0.15, 0.2) is 0 Å². The van der Waals surface area contributed by atoms with Gasteiger partial charge < -0.3 is 5.32 Å². The molecule has 0 radical (unpaired) electrons. The monoisotopic (exact) mass is 307 g/mol. The maximum absolute atomic E-state index is 12.2. The molecule has 2 N–H and O–H groups in total. The number of quaternary nitrogens is 1. The van der Waals surface area contributed by atoms with Crippen LogP contribution >= 0.6 is 0 Å². The minimum absolute atomic E-state index is 0.0332. The van der Waals surface area contributed by atoms with E-state index in [0.29, 0.717) is 12.8 Å². The molecule has 0 unspecified atom stereocenters. The molecule has 0 aromatic carbocycles. The van der Waals surface area contributed by atoms with E-state index in [2.05, 4.69) is 38.0 Å². The molecular weight excluding hydrogens is 276 g/mol. The van der Waals surface area contributed by atoms with Crippen LogP contribution in [0.2, 0.25) is 0 Å². The molecule has 1 aliphatic carbocycles. The summed E-state index contributed by atoms with van der Waals surface area (Å²) in [5.41, 5.74) is 0.0982. The summed E-state index contributed by atoms with van der Waals surface area (Å²) in [6, 6.07) is 0.200. The number of rotatable bonds is 2. The summed E-state index contributed by atoms with van der Waals surface area (Å²) in [4.78, 5) is 29.1. The van der Waals surface area contributed by atoms with Gasteiger partial charge in [-0.1, -0.05) is 13.8 Å². The summed E-state index contributed by atoms with van der Waals surface area (Å²) < 4.78 is 0. The predicted molar refractivity (Wildman–Crippen MR) is 88.1 cm³/mol. The molecule has 2 rings (SSSR count). The van der Waals surface area contributed by atoms with Crippen LogP contribution in [-0.2, 0) is 9.59 Å². The van der Waals surface area contributed by atoms with Crippen LogP contribution in [0.1, 0.15) is 67.2 Å². The fourth-order valence-corrected chi connectivity index (χ4v) is 4.35. The van der Waals surface area contributed by atoms with Crippen LogP contribution < -0.4 is 5.32 Å². The Labute approximate surface area is 134 Å². The Morgan fingerprint density at radius 3 is 1.86 bits per heavy atom. The zero-order valence-corrected chi connectivity index (χ0v) is 14.9. The molecule has 2 fully saturated rings. The number of aliphatic imine (C=N–C) groups is 1. The zero-order valence-electron chi connectivity index (χ0n) is 14.9.